The van der Waals surface area contributed by atoms with Gasteiger partial charge in [0, 0.05) is 29.4 Å². The van der Waals surface area contributed by atoms with E-state index in [9.17, 15) is 19.6 Å². The van der Waals surface area contributed by atoms with Crippen LogP contribution in [0.4, 0.5) is 0 Å². The molecule has 0 aromatic heterocycles. The standard InChI is InChI=1S/C27H21NO4/c1-32-27(31)19-13-11-18(12-14-19)26(30)23-21-10-6-5-9-20(21)22(15-16-28)24(23)25(29)17-7-3-2-4-8-17/h2-14,22-24H,15H2,1H3/t22-,23+,24+/m1/s1. The van der Waals surface area contributed by atoms with E-state index in [-0.39, 0.29) is 23.9 Å². The van der Waals surface area contributed by atoms with Crippen molar-refractivity contribution in [2.24, 2.45) is 5.92 Å². The molecule has 0 aliphatic heterocycles. The third-order valence-corrected chi connectivity index (χ3v) is 6.07. The minimum Gasteiger partial charge on any atom is -0.465 e. The van der Waals surface area contributed by atoms with Gasteiger partial charge in [-0.15, -0.1) is 0 Å². The summed E-state index contributed by atoms with van der Waals surface area (Å²) in [6.45, 7) is 0. The maximum absolute atomic E-state index is 13.7. The topological polar surface area (TPSA) is 84.2 Å². The summed E-state index contributed by atoms with van der Waals surface area (Å²) in [4.78, 5) is 39.1. The third-order valence-electron chi connectivity index (χ3n) is 6.07. The Morgan fingerprint density at radius 3 is 1.97 bits per heavy atom. The van der Waals surface area contributed by atoms with Crippen LogP contribution in [0.1, 0.15) is 60.5 Å². The first kappa shape index (κ1) is 21.2. The van der Waals surface area contributed by atoms with E-state index in [4.69, 9.17) is 4.74 Å². The van der Waals surface area contributed by atoms with Gasteiger partial charge in [-0.1, -0.05) is 66.7 Å². The summed E-state index contributed by atoms with van der Waals surface area (Å²) >= 11 is 0. The molecule has 1 aliphatic rings. The smallest absolute Gasteiger partial charge is 0.337 e. The summed E-state index contributed by atoms with van der Waals surface area (Å²) in [7, 11) is 1.30. The van der Waals surface area contributed by atoms with E-state index >= 15 is 0 Å². The number of ether oxygens (including phenoxy) is 1. The lowest BCUT2D eigenvalue weighted by atomic mass is 9.77. The Morgan fingerprint density at radius 2 is 1.34 bits per heavy atom. The molecule has 0 unspecified atom stereocenters. The van der Waals surface area contributed by atoms with Gasteiger partial charge in [0.2, 0.25) is 0 Å². The fourth-order valence-corrected chi connectivity index (χ4v) is 4.59. The average molecular weight is 423 g/mol. The van der Waals surface area contributed by atoms with E-state index in [0.717, 1.165) is 11.1 Å². The van der Waals surface area contributed by atoms with Crippen LogP contribution in [0.2, 0.25) is 0 Å². The zero-order chi connectivity index (χ0) is 22.7. The summed E-state index contributed by atoms with van der Waals surface area (Å²) in [5.74, 6) is -2.59. The Labute approximate surface area is 186 Å². The highest BCUT2D eigenvalue weighted by atomic mass is 16.5. The normalized spacial score (nSPS) is 18.9. The third kappa shape index (κ3) is 3.72. The van der Waals surface area contributed by atoms with Crippen molar-refractivity contribution in [1.82, 2.24) is 0 Å². The SMILES string of the molecule is COC(=O)c1ccc(C(=O)[C@H]2c3ccccc3[C@@H](CC#N)[C@@H]2C(=O)c2ccccc2)cc1. The number of Topliss-reactive ketones (excluding diaryl/α,β-unsaturated/α-hetero) is 2. The zero-order valence-corrected chi connectivity index (χ0v) is 17.5. The van der Waals surface area contributed by atoms with Crippen LogP contribution in [-0.4, -0.2) is 24.6 Å². The highest BCUT2D eigenvalue weighted by molar-refractivity contribution is 6.09. The molecular formula is C27H21NO4. The van der Waals surface area contributed by atoms with Gasteiger partial charge in [-0.3, -0.25) is 9.59 Å². The van der Waals surface area contributed by atoms with Crippen molar-refractivity contribution in [2.75, 3.05) is 7.11 Å². The molecule has 0 spiro atoms. The molecule has 3 aromatic carbocycles. The van der Waals surface area contributed by atoms with Crippen LogP contribution in [0.15, 0.2) is 78.9 Å². The number of hydrogen-bond donors (Lipinski definition) is 0. The van der Waals surface area contributed by atoms with Crippen LogP contribution >= 0.6 is 0 Å². The fourth-order valence-electron chi connectivity index (χ4n) is 4.59. The van der Waals surface area contributed by atoms with Gasteiger partial charge in [0.05, 0.1) is 24.7 Å². The molecule has 0 amide bonds. The van der Waals surface area contributed by atoms with Gasteiger partial charge in [0.1, 0.15) is 0 Å². The number of hydrogen-bond acceptors (Lipinski definition) is 5. The molecule has 0 fully saturated rings. The molecule has 32 heavy (non-hydrogen) atoms. The van der Waals surface area contributed by atoms with E-state index < -0.39 is 17.8 Å². The monoisotopic (exact) mass is 423 g/mol. The van der Waals surface area contributed by atoms with Crippen molar-refractivity contribution in [3.8, 4) is 6.07 Å². The number of methoxy groups -OCH3 is 1. The lowest BCUT2D eigenvalue weighted by molar-refractivity contribution is 0.0600. The van der Waals surface area contributed by atoms with E-state index in [0.29, 0.717) is 16.7 Å². The maximum atomic E-state index is 13.7. The second-order valence-corrected chi connectivity index (χ2v) is 7.76. The molecule has 0 heterocycles. The minimum atomic E-state index is -0.707. The van der Waals surface area contributed by atoms with Crippen LogP contribution in [0.5, 0.6) is 0 Å². The maximum Gasteiger partial charge on any atom is 0.337 e. The summed E-state index contributed by atoms with van der Waals surface area (Å²) in [5.41, 5.74) is 2.92. The first-order valence-electron chi connectivity index (χ1n) is 10.3. The molecule has 158 valence electrons. The second kappa shape index (κ2) is 8.99. The zero-order valence-electron chi connectivity index (χ0n) is 17.5. The van der Waals surface area contributed by atoms with Crippen LogP contribution < -0.4 is 0 Å². The molecule has 0 N–H and O–H groups in total. The number of ketones is 2. The van der Waals surface area contributed by atoms with Gasteiger partial charge in [-0.05, 0) is 23.3 Å². The van der Waals surface area contributed by atoms with Crippen LogP contribution in [0.25, 0.3) is 0 Å². The van der Waals surface area contributed by atoms with E-state index in [1.807, 2.05) is 30.3 Å². The first-order chi connectivity index (χ1) is 15.6. The summed E-state index contributed by atoms with van der Waals surface area (Å²) in [5, 5.41) is 9.48. The number of carbonyl (C=O) groups is 3. The number of nitrogens with zero attached hydrogens (tertiary/aromatic N) is 1. The van der Waals surface area contributed by atoms with Gasteiger partial charge in [-0.25, -0.2) is 4.79 Å². The molecule has 0 saturated heterocycles. The van der Waals surface area contributed by atoms with Gasteiger partial charge < -0.3 is 4.74 Å². The van der Waals surface area contributed by atoms with E-state index in [1.54, 1.807) is 48.5 Å². The van der Waals surface area contributed by atoms with Crippen molar-refractivity contribution < 1.29 is 19.1 Å². The Bertz CT molecular complexity index is 1210. The number of carbonyl (C=O) groups excluding carboxylic acids is 3. The van der Waals surface area contributed by atoms with E-state index in [2.05, 4.69) is 6.07 Å². The molecule has 1 aliphatic carbocycles. The predicted molar refractivity (Wildman–Crippen MR) is 119 cm³/mol. The molecule has 0 radical (unpaired) electrons. The average Bonchev–Trinajstić information content (AvgIpc) is 3.17. The van der Waals surface area contributed by atoms with Gasteiger partial charge in [0.25, 0.3) is 0 Å². The second-order valence-electron chi connectivity index (χ2n) is 7.76. The summed E-state index contributed by atoms with van der Waals surface area (Å²) < 4.78 is 4.72. The molecule has 0 saturated carbocycles. The van der Waals surface area contributed by atoms with Gasteiger partial charge >= 0.3 is 5.97 Å². The Morgan fingerprint density at radius 1 is 0.781 bits per heavy atom. The summed E-state index contributed by atoms with van der Waals surface area (Å²) in [6.07, 6.45) is 0.144. The molecule has 4 rings (SSSR count). The van der Waals surface area contributed by atoms with Crippen molar-refractivity contribution in [3.63, 3.8) is 0 Å². The number of nitriles is 1. The number of esters is 1. The van der Waals surface area contributed by atoms with Crippen molar-refractivity contribution in [1.29, 1.82) is 5.26 Å². The Hall–Kier alpha value is -4.04. The molecule has 3 aromatic rings. The van der Waals surface area contributed by atoms with Crippen molar-refractivity contribution in [2.45, 2.75) is 18.3 Å². The molecular weight excluding hydrogens is 402 g/mol. The minimum absolute atomic E-state index is 0.144. The Balaban J connectivity index is 1.79. The molecule has 3 atom stereocenters. The van der Waals surface area contributed by atoms with Crippen LogP contribution in [-0.2, 0) is 4.74 Å². The summed E-state index contributed by atoms with van der Waals surface area (Å²) in [6, 6.07) is 24.8. The van der Waals surface area contributed by atoms with Crippen molar-refractivity contribution >= 4 is 17.5 Å². The van der Waals surface area contributed by atoms with Crippen LogP contribution in [0, 0.1) is 17.2 Å². The van der Waals surface area contributed by atoms with Crippen molar-refractivity contribution in [3.05, 3.63) is 107 Å². The first-order valence-corrected chi connectivity index (χ1v) is 10.3. The quantitative estimate of drug-likeness (QED) is 0.414. The van der Waals surface area contributed by atoms with Gasteiger partial charge in [0.15, 0.2) is 11.6 Å². The highest BCUT2D eigenvalue weighted by Crippen LogP contribution is 2.50. The van der Waals surface area contributed by atoms with Gasteiger partial charge in [-0.2, -0.15) is 5.26 Å². The largest absolute Gasteiger partial charge is 0.465 e. The predicted octanol–water partition coefficient (Wildman–Crippen LogP) is 4.95. The fraction of sp³-hybridized carbons (Fsp3) is 0.185. The Kier molecular flexibility index (Phi) is 5.96. The highest BCUT2D eigenvalue weighted by Gasteiger charge is 2.48. The number of rotatable bonds is 6. The molecule has 5 heteroatoms. The van der Waals surface area contributed by atoms with E-state index in [1.165, 1.54) is 7.11 Å². The number of benzene rings is 3. The lowest BCUT2D eigenvalue weighted by Gasteiger charge is -2.23. The lowest BCUT2D eigenvalue weighted by Crippen LogP contribution is -2.28. The molecule has 0 bridgehead atoms. The van der Waals surface area contributed by atoms with Crippen LogP contribution in [0.3, 0.4) is 0 Å². The molecule has 5 nitrogen and oxygen atoms in total. The number of fused-ring (bicyclic) bond motifs is 1.